The zero-order valence-electron chi connectivity index (χ0n) is 10.3. The Bertz CT molecular complexity index is 693. The highest BCUT2D eigenvalue weighted by atomic mass is 15.1. The molecule has 3 aromatic rings. The van der Waals surface area contributed by atoms with E-state index >= 15 is 0 Å². The molecule has 0 amide bonds. The summed E-state index contributed by atoms with van der Waals surface area (Å²) in [4.78, 5) is 4.21. The number of imidazole rings is 1. The molecule has 2 aromatic carbocycles. The number of rotatable bonds is 2. The number of nitrogens with zero attached hydrogens (tertiary/aromatic N) is 2. The zero-order valence-corrected chi connectivity index (χ0v) is 10.3. The van der Waals surface area contributed by atoms with E-state index in [1.54, 1.807) is 0 Å². The molecule has 0 aliphatic rings. The lowest BCUT2D eigenvalue weighted by Gasteiger charge is -2.09. The van der Waals surface area contributed by atoms with Crippen LogP contribution in [0, 0.1) is 0 Å². The van der Waals surface area contributed by atoms with E-state index in [0.29, 0.717) is 5.95 Å². The summed E-state index contributed by atoms with van der Waals surface area (Å²) < 4.78 is 2.03. The number of fused-ring (bicyclic) bond motifs is 1. The van der Waals surface area contributed by atoms with Crippen LogP contribution < -0.4 is 5.73 Å². The van der Waals surface area contributed by atoms with Crippen molar-refractivity contribution in [3.63, 3.8) is 0 Å². The molecule has 0 spiro atoms. The fourth-order valence-electron chi connectivity index (χ4n) is 2.39. The van der Waals surface area contributed by atoms with Gasteiger partial charge in [-0.25, -0.2) is 4.98 Å². The number of anilines is 1. The minimum absolute atomic E-state index is 0.570. The minimum atomic E-state index is 0.570. The van der Waals surface area contributed by atoms with E-state index in [1.807, 2.05) is 10.8 Å². The lowest BCUT2D eigenvalue weighted by molar-refractivity contribution is 0.782. The number of nitrogens with two attached hydrogens (primary N) is 1. The zero-order chi connectivity index (χ0) is 12.5. The molecule has 0 radical (unpaired) electrons. The standard InChI is InChI=1S/C15H15N3/c1-2-18-14(10-17-15(18)16)13-9-5-7-11-6-3-4-8-12(11)13/h3-10H,2H2,1H3,(H2,16,17). The molecule has 0 saturated carbocycles. The molecule has 1 aromatic heterocycles. The summed E-state index contributed by atoms with van der Waals surface area (Å²) >= 11 is 0. The Hall–Kier alpha value is -2.29. The van der Waals surface area contributed by atoms with E-state index in [4.69, 9.17) is 5.73 Å². The minimum Gasteiger partial charge on any atom is -0.369 e. The summed E-state index contributed by atoms with van der Waals surface area (Å²) in [6.45, 7) is 2.90. The maximum Gasteiger partial charge on any atom is 0.200 e. The van der Waals surface area contributed by atoms with E-state index < -0.39 is 0 Å². The van der Waals surface area contributed by atoms with Gasteiger partial charge in [-0.2, -0.15) is 0 Å². The smallest absolute Gasteiger partial charge is 0.200 e. The van der Waals surface area contributed by atoms with Crippen molar-refractivity contribution in [2.24, 2.45) is 0 Å². The summed E-state index contributed by atoms with van der Waals surface area (Å²) in [5.41, 5.74) is 8.14. The van der Waals surface area contributed by atoms with Crippen LogP contribution in [0.1, 0.15) is 6.92 Å². The first-order valence-electron chi connectivity index (χ1n) is 6.10. The van der Waals surface area contributed by atoms with Crippen LogP contribution in [0.4, 0.5) is 5.95 Å². The molecular weight excluding hydrogens is 222 g/mol. The van der Waals surface area contributed by atoms with E-state index in [2.05, 4.69) is 54.4 Å². The second kappa shape index (κ2) is 4.18. The van der Waals surface area contributed by atoms with Crippen LogP contribution in [0.25, 0.3) is 22.0 Å². The molecule has 0 atom stereocenters. The van der Waals surface area contributed by atoms with Crippen LogP contribution in [0.3, 0.4) is 0 Å². The molecular formula is C15H15N3. The van der Waals surface area contributed by atoms with Gasteiger partial charge in [-0.15, -0.1) is 0 Å². The number of nitrogen functional groups attached to an aromatic ring is 1. The predicted octanol–water partition coefficient (Wildman–Crippen LogP) is 3.31. The average Bonchev–Trinajstić information content (AvgIpc) is 2.79. The van der Waals surface area contributed by atoms with Crippen LogP contribution >= 0.6 is 0 Å². The van der Waals surface area contributed by atoms with Crippen molar-refractivity contribution in [3.05, 3.63) is 48.7 Å². The average molecular weight is 237 g/mol. The number of hydrogen-bond donors (Lipinski definition) is 1. The molecule has 3 nitrogen and oxygen atoms in total. The first-order chi connectivity index (χ1) is 8.81. The summed E-state index contributed by atoms with van der Waals surface area (Å²) in [5.74, 6) is 0.570. The lowest BCUT2D eigenvalue weighted by atomic mass is 10.0. The normalized spacial score (nSPS) is 10.9. The highest BCUT2D eigenvalue weighted by Crippen LogP contribution is 2.29. The molecule has 0 fully saturated rings. The van der Waals surface area contributed by atoms with Crippen molar-refractivity contribution < 1.29 is 0 Å². The SMILES string of the molecule is CCn1c(-c2cccc3ccccc23)cnc1N. The van der Waals surface area contributed by atoms with Crippen molar-refractivity contribution in [1.82, 2.24) is 9.55 Å². The molecule has 0 aliphatic carbocycles. The second-order valence-electron chi connectivity index (χ2n) is 4.27. The molecule has 90 valence electrons. The Labute approximate surface area is 106 Å². The molecule has 0 unspecified atom stereocenters. The fourth-order valence-corrected chi connectivity index (χ4v) is 2.39. The summed E-state index contributed by atoms with van der Waals surface area (Å²) in [7, 11) is 0. The Morgan fingerprint density at radius 1 is 1.11 bits per heavy atom. The predicted molar refractivity (Wildman–Crippen MR) is 75.3 cm³/mol. The van der Waals surface area contributed by atoms with E-state index in [1.165, 1.54) is 16.3 Å². The van der Waals surface area contributed by atoms with Crippen molar-refractivity contribution in [3.8, 4) is 11.3 Å². The van der Waals surface area contributed by atoms with Gasteiger partial charge in [0.2, 0.25) is 5.95 Å². The lowest BCUT2D eigenvalue weighted by Crippen LogP contribution is -2.02. The van der Waals surface area contributed by atoms with E-state index in [0.717, 1.165) is 12.2 Å². The van der Waals surface area contributed by atoms with Gasteiger partial charge in [0, 0.05) is 12.1 Å². The summed E-state index contributed by atoms with van der Waals surface area (Å²) in [5, 5.41) is 2.46. The molecule has 0 saturated heterocycles. The van der Waals surface area contributed by atoms with Crippen LogP contribution in [-0.2, 0) is 6.54 Å². The van der Waals surface area contributed by atoms with Crippen molar-refractivity contribution in [2.45, 2.75) is 13.5 Å². The Morgan fingerprint density at radius 2 is 1.89 bits per heavy atom. The molecule has 0 aliphatic heterocycles. The Morgan fingerprint density at radius 3 is 2.72 bits per heavy atom. The summed E-state index contributed by atoms with van der Waals surface area (Å²) in [6.07, 6.45) is 1.85. The topological polar surface area (TPSA) is 43.8 Å². The highest BCUT2D eigenvalue weighted by molar-refractivity contribution is 5.95. The molecule has 3 rings (SSSR count). The third kappa shape index (κ3) is 1.56. The number of benzene rings is 2. The first kappa shape index (κ1) is 10.8. The fraction of sp³-hybridized carbons (Fsp3) is 0.133. The van der Waals surface area contributed by atoms with Gasteiger partial charge in [-0.05, 0) is 17.7 Å². The van der Waals surface area contributed by atoms with Crippen LogP contribution in [-0.4, -0.2) is 9.55 Å². The monoisotopic (exact) mass is 237 g/mol. The molecule has 18 heavy (non-hydrogen) atoms. The first-order valence-corrected chi connectivity index (χ1v) is 6.10. The molecule has 0 bridgehead atoms. The van der Waals surface area contributed by atoms with Gasteiger partial charge in [-0.3, -0.25) is 0 Å². The van der Waals surface area contributed by atoms with Crippen molar-refractivity contribution in [1.29, 1.82) is 0 Å². The van der Waals surface area contributed by atoms with Gasteiger partial charge < -0.3 is 10.3 Å². The second-order valence-corrected chi connectivity index (χ2v) is 4.27. The Balaban J connectivity index is 2.31. The van der Waals surface area contributed by atoms with Crippen LogP contribution in [0.2, 0.25) is 0 Å². The van der Waals surface area contributed by atoms with Crippen molar-refractivity contribution in [2.75, 3.05) is 5.73 Å². The van der Waals surface area contributed by atoms with Gasteiger partial charge >= 0.3 is 0 Å². The number of hydrogen-bond acceptors (Lipinski definition) is 2. The molecule has 3 heteroatoms. The maximum atomic E-state index is 5.89. The van der Waals surface area contributed by atoms with E-state index in [9.17, 15) is 0 Å². The summed E-state index contributed by atoms with van der Waals surface area (Å²) in [6, 6.07) is 14.7. The largest absolute Gasteiger partial charge is 0.369 e. The van der Waals surface area contributed by atoms with Crippen molar-refractivity contribution >= 4 is 16.7 Å². The quantitative estimate of drug-likeness (QED) is 0.743. The molecule has 2 N–H and O–H groups in total. The van der Waals surface area contributed by atoms with Crippen LogP contribution in [0.5, 0.6) is 0 Å². The van der Waals surface area contributed by atoms with Gasteiger partial charge in [0.05, 0.1) is 11.9 Å². The van der Waals surface area contributed by atoms with Gasteiger partial charge in [0.15, 0.2) is 0 Å². The highest BCUT2D eigenvalue weighted by Gasteiger charge is 2.10. The number of aromatic nitrogens is 2. The maximum absolute atomic E-state index is 5.89. The third-order valence-corrected chi connectivity index (χ3v) is 3.27. The van der Waals surface area contributed by atoms with Crippen LogP contribution in [0.15, 0.2) is 48.7 Å². The van der Waals surface area contributed by atoms with Gasteiger partial charge in [-0.1, -0.05) is 42.5 Å². The Kier molecular flexibility index (Phi) is 2.52. The third-order valence-electron chi connectivity index (χ3n) is 3.27. The molecule has 1 heterocycles. The van der Waals surface area contributed by atoms with E-state index in [-0.39, 0.29) is 0 Å². The van der Waals surface area contributed by atoms with Gasteiger partial charge in [0.25, 0.3) is 0 Å². The van der Waals surface area contributed by atoms with Gasteiger partial charge in [0.1, 0.15) is 0 Å².